The van der Waals surface area contributed by atoms with Crippen LogP contribution >= 0.6 is 0 Å². The lowest BCUT2D eigenvalue weighted by atomic mass is 9.82. The zero-order valence-electron chi connectivity index (χ0n) is 16.6. The number of imide groups is 1. The van der Waals surface area contributed by atoms with Gasteiger partial charge in [0.1, 0.15) is 0 Å². The molecular formula is C24H24N2O3. The SMILES string of the molecule is CC1=CC[C@@H]2C(=O)N(c3cccc(C(=O)N[C@H](C)c4ccccc4)c3)C(=O)[C@@H]2C1. The third kappa shape index (κ3) is 3.60. The monoisotopic (exact) mass is 388 g/mol. The summed E-state index contributed by atoms with van der Waals surface area (Å²) in [5, 5.41) is 2.97. The first-order chi connectivity index (χ1) is 14.0. The van der Waals surface area contributed by atoms with Crippen LogP contribution < -0.4 is 10.2 Å². The standard InChI is InChI=1S/C24H24N2O3/c1-15-11-12-20-21(13-15)24(29)26(23(20)28)19-10-6-9-18(14-19)22(27)25-16(2)17-7-4-3-5-8-17/h3-11,14,16,20-21H,12-13H2,1-2H3,(H,25,27)/t16-,20+,21-/m1/s1. The van der Waals surface area contributed by atoms with Gasteiger partial charge in [0.05, 0.1) is 23.6 Å². The van der Waals surface area contributed by atoms with Crippen LogP contribution in [0.5, 0.6) is 0 Å². The molecular weight excluding hydrogens is 364 g/mol. The number of nitrogens with zero attached hydrogens (tertiary/aromatic N) is 1. The number of hydrogen-bond acceptors (Lipinski definition) is 3. The molecule has 0 radical (unpaired) electrons. The number of amides is 3. The fourth-order valence-corrected chi connectivity index (χ4v) is 4.18. The first kappa shape index (κ1) is 19.1. The highest BCUT2D eigenvalue weighted by molar-refractivity contribution is 6.22. The summed E-state index contributed by atoms with van der Waals surface area (Å²) in [6.45, 7) is 3.92. The predicted octanol–water partition coefficient (Wildman–Crippen LogP) is 4.02. The Labute approximate surface area is 170 Å². The third-order valence-corrected chi connectivity index (χ3v) is 5.84. The van der Waals surface area contributed by atoms with E-state index in [9.17, 15) is 14.4 Å². The maximum Gasteiger partial charge on any atom is 0.251 e. The highest BCUT2D eigenvalue weighted by atomic mass is 16.2. The third-order valence-electron chi connectivity index (χ3n) is 5.84. The van der Waals surface area contributed by atoms with E-state index in [2.05, 4.69) is 5.32 Å². The van der Waals surface area contributed by atoms with E-state index in [1.807, 2.05) is 50.3 Å². The molecule has 5 nitrogen and oxygen atoms in total. The van der Waals surface area contributed by atoms with Crippen molar-refractivity contribution in [2.45, 2.75) is 32.7 Å². The number of carbonyl (C=O) groups excluding carboxylic acids is 3. The second-order valence-electron chi connectivity index (χ2n) is 7.87. The van der Waals surface area contributed by atoms with E-state index in [1.165, 1.54) is 4.90 Å². The van der Waals surface area contributed by atoms with Crippen LogP contribution in [0.25, 0.3) is 0 Å². The van der Waals surface area contributed by atoms with E-state index >= 15 is 0 Å². The van der Waals surface area contributed by atoms with Gasteiger partial charge in [-0.3, -0.25) is 19.3 Å². The summed E-state index contributed by atoms with van der Waals surface area (Å²) in [4.78, 5) is 39.8. The molecule has 1 fully saturated rings. The van der Waals surface area contributed by atoms with Gasteiger partial charge in [0.15, 0.2) is 0 Å². The van der Waals surface area contributed by atoms with Crippen LogP contribution in [0.15, 0.2) is 66.2 Å². The number of nitrogens with one attached hydrogen (secondary N) is 1. The van der Waals surface area contributed by atoms with Gasteiger partial charge in [0.25, 0.3) is 5.91 Å². The topological polar surface area (TPSA) is 66.5 Å². The molecule has 0 unspecified atom stereocenters. The van der Waals surface area contributed by atoms with Gasteiger partial charge in [-0.15, -0.1) is 0 Å². The van der Waals surface area contributed by atoms with E-state index in [1.54, 1.807) is 24.3 Å². The number of hydrogen-bond donors (Lipinski definition) is 1. The van der Waals surface area contributed by atoms with Crippen molar-refractivity contribution in [3.63, 3.8) is 0 Å². The molecule has 5 heteroatoms. The van der Waals surface area contributed by atoms with Crippen molar-refractivity contribution in [1.82, 2.24) is 5.32 Å². The molecule has 0 bridgehead atoms. The van der Waals surface area contributed by atoms with Gasteiger partial charge in [-0.25, -0.2) is 0 Å². The normalized spacial score (nSPS) is 22.1. The number of carbonyl (C=O) groups is 3. The van der Waals surface area contributed by atoms with Crippen LogP contribution in [-0.4, -0.2) is 17.7 Å². The summed E-state index contributed by atoms with van der Waals surface area (Å²) in [6, 6.07) is 16.3. The Bertz CT molecular complexity index is 996. The average Bonchev–Trinajstić information content (AvgIpc) is 2.98. The van der Waals surface area contributed by atoms with E-state index in [0.29, 0.717) is 24.1 Å². The van der Waals surface area contributed by atoms with Gasteiger partial charge in [-0.2, -0.15) is 0 Å². The molecule has 0 saturated carbocycles. The van der Waals surface area contributed by atoms with Crippen molar-refractivity contribution in [1.29, 1.82) is 0 Å². The minimum absolute atomic E-state index is 0.153. The second kappa shape index (κ2) is 7.66. The molecule has 0 spiro atoms. The molecule has 1 heterocycles. The summed E-state index contributed by atoms with van der Waals surface area (Å²) in [6.07, 6.45) is 3.28. The largest absolute Gasteiger partial charge is 0.346 e. The second-order valence-corrected chi connectivity index (χ2v) is 7.87. The molecule has 2 aromatic carbocycles. The van der Waals surface area contributed by atoms with Crippen LogP contribution in [0, 0.1) is 11.8 Å². The molecule has 2 aliphatic rings. The molecule has 0 aromatic heterocycles. The first-order valence-electron chi connectivity index (χ1n) is 9.95. The number of allylic oxidation sites excluding steroid dienone is 2. The van der Waals surface area contributed by atoms with E-state index in [-0.39, 0.29) is 35.6 Å². The first-order valence-corrected chi connectivity index (χ1v) is 9.95. The van der Waals surface area contributed by atoms with Gasteiger partial charge in [0, 0.05) is 5.56 Å². The zero-order chi connectivity index (χ0) is 20.5. The van der Waals surface area contributed by atoms with Crippen molar-refractivity contribution >= 4 is 23.4 Å². The Kier molecular flexibility index (Phi) is 5.05. The Morgan fingerprint density at radius 3 is 2.52 bits per heavy atom. The lowest BCUT2D eigenvalue weighted by Crippen LogP contribution is -2.31. The van der Waals surface area contributed by atoms with Crippen molar-refractivity contribution in [2.24, 2.45) is 11.8 Å². The fraction of sp³-hybridized carbons (Fsp3) is 0.292. The number of rotatable bonds is 4. The minimum atomic E-state index is -0.290. The summed E-state index contributed by atoms with van der Waals surface area (Å²) in [7, 11) is 0. The fourth-order valence-electron chi connectivity index (χ4n) is 4.18. The van der Waals surface area contributed by atoms with Crippen molar-refractivity contribution in [3.8, 4) is 0 Å². The van der Waals surface area contributed by atoms with Gasteiger partial charge in [-0.05, 0) is 50.5 Å². The Balaban J connectivity index is 1.54. The number of anilines is 1. The van der Waals surface area contributed by atoms with E-state index in [4.69, 9.17) is 0 Å². The van der Waals surface area contributed by atoms with Crippen LogP contribution in [0.3, 0.4) is 0 Å². The van der Waals surface area contributed by atoms with Crippen LogP contribution in [0.4, 0.5) is 5.69 Å². The van der Waals surface area contributed by atoms with Crippen molar-refractivity contribution in [2.75, 3.05) is 4.90 Å². The number of benzene rings is 2. The van der Waals surface area contributed by atoms with Crippen LogP contribution in [-0.2, 0) is 9.59 Å². The quantitative estimate of drug-likeness (QED) is 0.635. The zero-order valence-corrected chi connectivity index (χ0v) is 16.6. The highest BCUT2D eigenvalue weighted by Crippen LogP contribution is 2.39. The van der Waals surface area contributed by atoms with Gasteiger partial charge in [-0.1, -0.05) is 48.0 Å². The molecule has 1 saturated heterocycles. The van der Waals surface area contributed by atoms with E-state index < -0.39 is 0 Å². The molecule has 2 aromatic rings. The summed E-state index contributed by atoms with van der Waals surface area (Å²) in [5.74, 6) is -1.15. The summed E-state index contributed by atoms with van der Waals surface area (Å²) in [5.41, 5.74) is 3.05. The predicted molar refractivity (Wildman–Crippen MR) is 111 cm³/mol. The Hall–Kier alpha value is -3.21. The van der Waals surface area contributed by atoms with Crippen LogP contribution in [0.2, 0.25) is 0 Å². The van der Waals surface area contributed by atoms with Gasteiger partial charge in [0.2, 0.25) is 11.8 Å². The molecule has 1 aliphatic heterocycles. The Morgan fingerprint density at radius 2 is 1.76 bits per heavy atom. The van der Waals surface area contributed by atoms with Gasteiger partial charge >= 0.3 is 0 Å². The Morgan fingerprint density at radius 1 is 1.03 bits per heavy atom. The molecule has 3 amide bonds. The molecule has 4 rings (SSSR count). The molecule has 148 valence electrons. The molecule has 1 aliphatic carbocycles. The molecule has 29 heavy (non-hydrogen) atoms. The highest BCUT2D eigenvalue weighted by Gasteiger charge is 2.48. The molecule has 1 N–H and O–H groups in total. The van der Waals surface area contributed by atoms with Crippen molar-refractivity contribution in [3.05, 3.63) is 77.4 Å². The maximum absolute atomic E-state index is 12.9. The number of fused-ring (bicyclic) bond motifs is 1. The average molecular weight is 388 g/mol. The molecule has 3 atom stereocenters. The minimum Gasteiger partial charge on any atom is -0.346 e. The smallest absolute Gasteiger partial charge is 0.251 e. The lowest BCUT2D eigenvalue weighted by molar-refractivity contribution is -0.122. The summed E-state index contributed by atoms with van der Waals surface area (Å²) < 4.78 is 0. The van der Waals surface area contributed by atoms with Gasteiger partial charge < -0.3 is 5.32 Å². The van der Waals surface area contributed by atoms with Crippen molar-refractivity contribution < 1.29 is 14.4 Å². The summed E-state index contributed by atoms with van der Waals surface area (Å²) >= 11 is 0. The lowest BCUT2D eigenvalue weighted by Gasteiger charge is -2.19. The maximum atomic E-state index is 12.9. The van der Waals surface area contributed by atoms with E-state index in [0.717, 1.165) is 11.1 Å². The van der Waals surface area contributed by atoms with Crippen LogP contribution in [0.1, 0.15) is 48.7 Å².